The van der Waals surface area contributed by atoms with E-state index in [-0.39, 0.29) is 11.9 Å². The van der Waals surface area contributed by atoms with Gasteiger partial charge >= 0.3 is 0 Å². The molecule has 2 N–H and O–H groups in total. The third-order valence-electron chi connectivity index (χ3n) is 3.07. The van der Waals surface area contributed by atoms with Crippen LogP contribution in [-0.4, -0.2) is 22.2 Å². The van der Waals surface area contributed by atoms with E-state index in [0.29, 0.717) is 0 Å². The van der Waals surface area contributed by atoms with Crippen LogP contribution in [0.2, 0.25) is 0 Å². The van der Waals surface area contributed by atoms with Crippen LogP contribution in [0.1, 0.15) is 25.5 Å². The average Bonchev–Trinajstić information content (AvgIpc) is 2.98. The molecule has 1 aromatic carbocycles. The van der Waals surface area contributed by atoms with Gasteiger partial charge in [-0.25, -0.2) is 0 Å². The number of nitrogens with one attached hydrogen (secondary N) is 2. The Kier molecular flexibility index (Phi) is 4.90. The van der Waals surface area contributed by atoms with Gasteiger partial charge in [0.2, 0.25) is 5.91 Å². The highest BCUT2D eigenvalue weighted by Crippen LogP contribution is 2.13. The minimum atomic E-state index is -0.331. The molecule has 1 heterocycles. The van der Waals surface area contributed by atoms with E-state index in [0.717, 1.165) is 24.3 Å². The fourth-order valence-corrected chi connectivity index (χ4v) is 1.90. The molecule has 0 radical (unpaired) electrons. The van der Waals surface area contributed by atoms with Crippen molar-refractivity contribution < 1.29 is 4.79 Å². The van der Waals surface area contributed by atoms with E-state index in [1.165, 1.54) is 0 Å². The van der Waals surface area contributed by atoms with Crippen molar-refractivity contribution in [3.63, 3.8) is 0 Å². The quantitative estimate of drug-likeness (QED) is 0.847. The second-order valence-electron chi connectivity index (χ2n) is 4.63. The molecule has 0 saturated carbocycles. The Bertz CT molecular complexity index is 551. The number of hydrogen-bond acceptors (Lipinski definition) is 3. The third-order valence-corrected chi connectivity index (χ3v) is 3.07. The zero-order valence-corrected chi connectivity index (χ0v) is 11.8. The Morgan fingerprint density at radius 2 is 2.25 bits per heavy atom. The van der Waals surface area contributed by atoms with Gasteiger partial charge in [0.1, 0.15) is 6.04 Å². The van der Waals surface area contributed by atoms with E-state index in [4.69, 9.17) is 0 Å². The lowest BCUT2D eigenvalue weighted by atomic mass is 10.2. The SMILES string of the molecule is CCNCc1cccc(NC(=O)C(C)n2cccn2)c1. The summed E-state index contributed by atoms with van der Waals surface area (Å²) in [5.41, 5.74) is 1.96. The average molecular weight is 272 g/mol. The van der Waals surface area contributed by atoms with Crippen molar-refractivity contribution in [2.45, 2.75) is 26.4 Å². The molecule has 2 rings (SSSR count). The fraction of sp³-hybridized carbons (Fsp3) is 0.333. The molecule has 1 unspecified atom stereocenters. The second-order valence-corrected chi connectivity index (χ2v) is 4.63. The van der Waals surface area contributed by atoms with E-state index in [2.05, 4.69) is 22.7 Å². The van der Waals surface area contributed by atoms with Crippen LogP contribution in [0, 0.1) is 0 Å². The molecule has 0 aliphatic rings. The van der Waals surface area contributed by atoms with Gasteiger partial charge in [0.05, 0.1) is 0 Å². The third kappa shape index (κ3) is 3.68. The van der Waals surface area contributed by atoms with Crippen molar-refractivity contribution in [3.05, 3.63) is 48.3 Å². The van der Waals surface area contributed by atoms with Crippen LogP contribution in [0.3, 0.4) is 0 Å². The highest BCUT2D eigenvalue weighted by molar-refractivity contribution is 5.93. The first kappa shape index (κ1) is 14.3. The van der Waals surface area contributed by atoms with Gasteiger partial charge < -0.3 is 10.6 Å². The molecular weight excluding hydrogens is 252 g/mol. The highest BCUT2D eigenvalue weighted by atomic mass is 16.2. The molecule has 5 nitrogen and oxygen atoms in total. The molecule has 0 bridgehead atoms. The Labute approximate surface area is 119 Å². The van der Waals surface area contributed by atoms with Gasteiger partial charge in [-0.2, -0.15) is 5.10 Å². The lowest BCUT2D eigenvalue weighted by Crippen LogP contribution is -2.24. The summed E-state index contributed by atoms with van der Waals surface area (Å²) >= 11 is 0. The summed E-state index contributed by atoms with van der Waals surface area (Å²) in [6.45, 7) is 5.62. The molecule has 1 amide bonds. The predicted octanol–water partition coefficient (Wildman–Crippen LogP) is 2.19. The maximum atomic E-state index is 12.1. The molecular formula is C15H20N4O. The summed E-state index contributed by atoms with van der Waals surface area (Å²) in [4.78, 5) is 12.1. The van der Waals surface area contributed by atoms with Crippen LogP contribution in [0.25, 0.3) is 0 Å². The number of carbonyl (C=O) groups excluding carboxylic acids is 1. The smallest absolute Gasteiger partial charge is 0.248 e. The molecule has 106 valence electrons. The molecule has 5 heteroatoms. The van der Waals surface area contributed by atoms with Gasteiger partial charge in [-0.05, 0) is 37.2 Å². The zero-order valence-electron chi connectivity index (χ0n) is 11.8. The van der Waals surface area contributed by atoms with Crippen LogP contribution < -0.4 is 10.6 Å². The van der Waals surface area contributed by atoms with Crippen LogP contribution in [0.15, 0.2) is 42.7 Å². The Morgan fingerprint density at radius 3 is 2.95 bits per heavy atom. The van der Waals surface area contributed by atoms with Crippen molar-refractivity contribution in [3.8, 4) is 0 Å². The summed E-state index contributed by atoms with van der Waals surface area (Å²) < 4.78 is 1.64. The molecule has 1 aromatic heterocycles. The molecule has 2 aromatic rings. The molecule has 0 aliphatic carbocycles. The summed E-state index contributed by atoms with van der Waals surface area (Å²) in [6, 6.07) is 9.33. The lowest BCUT2D eigenvalue weighted by Gasteiger charge is -2.13. The Morgan fingerprint density at radius 1 is 1.40 bits per heavy atom. The Hall–Kier alpha value is -2.14. The van der Waals surface area contributed by atoms with Gasteiger partial charge in [-0.3, -0.25) is 9.48 Å². The molecule has 1 atom stereocenters. The van der Waals surface area contributed by atoms with Gasteiger partial charge in [0.25, 0.3) is 0 Å². The van der Waals surface area contributed by atoms with Crippen molar-refractivity contribution in [1.82, 2.24) is 15.1 Å². The zero-order chi connectivity index (χ0) is 14.4. The highest BCUT2D eigenvalue weighted by Gasteiger charge is 2.14. The maximum Gasteiger partial charge on any atom is 0.248 e. The minimum Gasteiger partial charge on any atom is -0.324 e. The number of amides is 1. The maximum absolute atomic E-state index is 12.1. The summed E-state index contributed by atoms with van der Waals surface area (Å²) in [5.74, 6) is -0.0747. The standard InChI is InChI=1S/C15H20N4O/c1-3-16-11-13-6-4-7-14(10-13)18-15(20)12(2)19-9-5-8-17-19/h4-10,12,16H,3,11H2,1-2H3,(H,18,20). The summed E-state index contributed by atoms with van der Waals surface area (Å²) in [5, 5.41) is 10.3. The first-order valence-corrected chi connectivity index (χ1v) is 6.80. The molecule has 0 aliphatic heterocycles. The van der Waals surface area contributed by atoms with Crippen LogP contribution in [0.5, 0.6) is 0 Å². The van der Waals surface area contributed by atoms with Crippen molar-refractivity contribution in [1.29, 1.82) is 0 Å². The first-order chi connectivity index (χ1) is 9.70. The largest absolute Gasteiger partial charge is 0.324 e. The number of carbonyl (C=O) groups is 1. The van der Waals surface area contributed by atoms with Crippen molar-refractivity contribution in [2.75, 3.05) is 11.9 Å². The van der Waals surface area contributed by atoms with Crippen LogP contribution in [0.4, 0.5) is 5.69 Å². The van der Waals surface area contributed by atoms with Crippen LogP contribution >= 0.6 is 0 Å². The molecule has 0 saturated heterocycles. The normalized spacial score (nSPS) is 12.1. The Balaban J connectivity index is 2.00. The number of rotatable bonds is 6. The molecule has 20 heavy (non-hydrogen) atoms. The van der Waals surface area contributed by atoms with E-state index >= 15 is 0 Å². The van der Waals surface area contributed by atoms with E-state index in [1.54, 1.807) is 23.1 Å². The molecule has 0 spiro atoms. The number of aromatic nitrogens is 2. The first-order valence-electron chi connectivity index (χ1n) is 6.80. The topological polar surface area (TPSA) is 58.9 Å². The molecule has 0 fully saturated rings. The van der Waals surface area contributed by atoms with Gasteiger partial charge in [-0.15, -0.1) is 0 Å². The van der Waals surface area contributed by atoms with Gasteiger partial charge in [-0.1, -0.05) is 19.1 Å². The van der Waals surface area contributed by atoms with Gasteiger partial charge in [0.15, 0.2) is 0 Å². The lowest BCUT2D eigenvalue weighted by molar-refractivity contribution is -0.119. The number of hydrogen-bond donors (Lipinski definition) is 2. The number of anilines is 1. The van der Waals surface area contributed by atoms with Gasteiger partial charge in [0, 0.05) is 24.6 Å². The number of benzene rings is 1. The van der Waals surface area contributed by atoms with Crippen molar-refractivity contribution >= 4 is 11.6 Å². The van der Waals surface area contributed by atoms with Crippen LogP contribution in [-0.2, 0) is 11.3 Å². The van der Waals surface area contributed by atoms with E-state index < -0.39 is 0 Å². The van der Waals surface area contributed by atoms with E-state index in [9.17, 15) is 4.79 Å². The summed E-state index contributed by atoms with van der Waals surface area (Å²) in [6.07, 6.45) is 3.45. The van der Waals surface area contributed by atoms with E-state index in [1.807, 2.05) is 31.2 Å². The minimum absolute atomic E-state index is 0.0747. The summed E-state index contributed by atoms with van der Waals surface area (Å²) in [7, 11) is 0. The predicted molar refractivity (Wildman–Crippen MR) is 79.4 cm³/mol. The fourth-order valence-electron chi connectivity index (χ4n) is 1.90. The second kappa shape index (κ2) is 6.86. The monoisotopic (exact) mass is 272 g/mol. The van der Waals surface area contributed by atoms with Crippen molar-refractivity contribution in [2.24, 2.45) is 0 Å². The number of nitrogens with zero attached hydrogens (tertiary/aromatic N) is 2.